The van der Waals surface area contributed by atoms with E-state index >= 15 is 0 Å². The largest absolute Gasteiger partial charge is 0.351 e. The van der Waals surface area contributed by atoms with Gasteiger partial charge in [-0.1, -0.05) is 13.8 Å². The van der Waals surface area contributed by atoms with Crippen molar-refractivity contribution in [3.63, 3.8) is 0 Å². The van der Waals surface area contributed by atoms with Gasteiger partial charge in [0.05, 0.1) is 6.04 Å². The SMILES string of the molecule is CC(C)C(=O)NC1CC(=O)N(C(C)(C)C)C1. The van der Waals surface area contributed by atoms with Gasteiger partial charge >= 0.3 is 0 Å². The van der Waals surface area contributed by atoms with E-state index in [0.717, 1.165) is 0 Å². The van der Waals surface area contributed by atoms with Crippen LogP contribution in [0.1, 0.15) is 41.0 Å². The summed E-state index contributed by atoms with van der Waals surface area (Å²) >= 11 is 0. The molecule has 0 bridgehead atoms. The molecule has 0 radical (unpaired) electrons. The van der Waals surface area contributed by atoms with Crippen LogP contribution in [-0.2, 0) is 9.59 Å². The highest BCUT2D eigenvalue weighted by Crippen LogP contribution is 2.21. The van der Waals surface area contributed by atoms with E-state index in [9.17, 15) is 9.59 Å². The molecule has 4 heteroatoms. The molecular weight excluding hydrogens is 204 g/mol. The number of nitrogens with zero attached hydrogens (tertiary/aromatic N) is 1. The van der Waals surface area contributed by atoms with Crippen molar-refractivity contribution in [3.05, 3.63) is 0 Å². The van der Waals surface area contributed by atoms with Gasteiger partial charge in [0, 0.05) is 24.4 Å². The topological polar surface area (TPSA) is 49.4 Å². The highest BCUT2D eigenvalue weighted by atomic mass is 16.2. The van der Waals surface area contributed by atoms with E-state index in [0.29, 0.717) is 13.0 Å². The van der Waals surface area contributed by atoms with E-state index in [1.807, 2.05) is 39.5 Å². The van der Waals surface area contributed by atoms with Gasteiger partial charge in [-0.05, 0) is 20.8 Å². The van der Waals surface area contributed by atoms with Crippen LogP contribution < -0.4 is 5.32 Å². The maximum Gasteiger partial charge on any atom is 0.225 e. The molecule has 0 spiro atoms. The van der Waals surface area contributed by atoms with Crippen LogP contribution in [0.3, 0.4) is 0 Å². The molecule has 0 aliphatic carbocycles. The Bertz CT molecular complexity index is 292. The Morgan fingerprint density at radius 2 is 2.00 bits per heavy atom. The summed E-state index contributed by atoms with van der Waals surface area (Å²) in [4.78, 5) is 25.1. The van der Waals surface area contributed by atoms with Crippen LogP contribution in [-0.4, -0.2) is 34.8 Å². The smallest absolute Gasteiger partial charge is 0.225 e. The van der Waals surface area contributed by atoms with Gasteiger partial charge in [0.15, 0.2) is 0 Å². The van der Waals surface area contributed by atoms with Crippen LogP contribution in [0.4, 0.5) is 0 Å². The van der Waals surface area contributed by atoms with E-state index < -0.39 is 0 Å². The number of rotatable bonds is 2. The van der Waals surface area contributed by atoms with Gasteiger partial charge in [0.2, 0.25) is 11.8 Å². The van der Waals surface area contributed by atoms with E-state index in [1.165, 1.54) is 0 Å². The molecule has 0 aromatic carbocycles. The second kappa shape index (κ2) is 4.44. The minimum absolute atomic E-state index is 0.0218. The number of hydrogen-bond acceptors (Lipinski definition) is 2. The maximum atomic E-state index is 11.8. The molecule has 1 rings (SSSR count). The number of carbonyl (C=O) groups excluding carboxylic acids is 2. The van der Waals surface area contributed by atoms with Crippen LogP contribution in [0, 0.1) is 5.92 Å². The number of amides is 2. The Labute approximate surface area is 97.4 Å². The summed E-state index contributed by atoms with van der Waals surface area (Å²) in [6, 6.07) is -0.0263. The van der Waals surface area contributed by atoms with Gasteiger partial charge < -0.3 is 10.2 Å². The number of nitrogens with one attached hydrogen (secondary N) is 1. The predicted octanol–water partition coefficient (Wildman–Crippen LogP) is 1.16. The van der Waals surface area contributed by atoms with Crippen molar-refractivity contribution >= 4 is 11.8 Å². The Balaban J connectivity index is 2.57. The van der Waals surface area contributed by atoms with Crippen molar-refractivity contribution < 1.29 is 9.59 Å². The third-order valence-electron chi connectivity index (χ3n) is 2.81. The highest BCUT2D eigenvalue weighted by Gasteiger charge is 2.36. The molecule has 16 heavy (non-hydrogen) atoms. The Hall–Kier alpha value is -1.06. The third-order valence-corrected chi connectivity index (χ3v) is 2.81. The molecule has 1 saturated heterocycles. The Morgan fingerprint density at radius 1 is 1.44 bits per heavy atom. The molecule has 2 amide bonds. The van der Waals surface area contributed by atoms with Crippen molar-refractivity contribution in [1.82, 2.24) is 10.2 Å². The lowest BCUT2D eigenvalue weighted by atomic mass is 10.1. The fourth-order valence-corrected chi connectivity index (χ4v) is 1.82. The molecule has 1 fully saturated rings. The molecular formula is C12H22N2O2. The zero-order valence-electron chi connectivity index (χ0n) is 10.8. The summed E-state index contributed by atoms with van der Waals surface area (Å²) in [5.74, 6) is 0.119. The summed E-state index contributed by atoms with van der Waals surface area (Å²) in [5, 5.41) is 2.91. The molecule has 1 N–H and O–H groups in total. The molecule has 4 nitrogen and oxygen atoms in total. The second-order valence-corrected chi connectivity index (χ2v) is 5.74. The van der Waals surface area contributed by atoms with Crippen LogP contribution >= 0.6 is 0 Å². The molecule has 92 valence electrons. The Kier molecular flexibility index (Phi) is 3.61. The lowest BCUT2D eigenvalue weighted by molar-refractivity contribution is -0.131. The fraction of sp³-hybridized carbons (Fsp3) is 0.833. The normalized spacial score (nSPS) is 21.8. The average Bonchev–Trinajstić information content (AvgIpc) is 2.45. The first kappa shape index (κ1) is 13.0. The summed E-state index contributed by atoms with van der Waals surface area (Å²) in [7, 11) is 0. The van der Waals surface area contributed by atoms with Gasteiger partial charge in [0.25, 0.3) is 0 Å². The van der Waals surface area contributed by atoms with Crippen LogP contribution in [0.15, 0.2) is 0 Å². The molecule has 1 atom stereocenters. The van der Waals surface area contributed by atoms with Crippen molar-refractivity contribution in [1.29, 1.82) is 0 Å². The lowest BCUT2D eigenvalue weighted by Crippen LogP contribution is -2.45. The van der Waals surface area contributed by atoms with E-state index in [-0.39, 0.29) is 29.3 Å². The molecule has 1 aliphatic heterocycles. The minimum Gasteiger partial charge on any atom is -0.351 e. The maximum absolute atomic E-state index is 11.8. The van der Waals surface area contributed by atoms with Crippen LogP contribution in [0.25, 0.3) is 0 Å². The number of hydrogen-bond donors (Lipinski definition) is 1. The summed E-state index contributed by atoms with van der Waals surface area (Å²) in [6.07, 6.45) is 0.426. The zero-order valence-corrected chi connectivity index (χ0v) is 10.8. The molecule has 0 aromatic rings. The lowest BCUT2D eigenvalue weighted by Gasteiger charge is -2.32. The standard InChI is InChI=1S/C12H22N2O2/c1-8(2)11(16)13-9-6-10(15)14(7-9)12(3,4)5/h8-9H,6-7H2,1-5H3,(H,13,16). The molecule has 0 saturated carbocycles. The van der Waals surface area contributed by atoms with Crippen molar-refractivity contribution in [3.8, 4) is 0 Å². The average molecular weight is 226 g/mol. The predicted molar refractivity (Wildman–Crippen MR) is 62.9 cm³/mol. The first-order valence-corrected chi connectivity index (χ1v) is 5.82. The number of carbonyl (C=O) groups is 2. The molecule has 1 heterocycles. The van der Waals surface area contributed by atoms with E-state index in [2.05, 4.69) is 5.32 Å². The number of likely N-dealkylation sites (tertiary alicyclic amines) is 1. The van der Waals surface area contributed by atoms with Gasteiger partial charge in [-0.25, -0.2) is 0 Å². The fourth-order valence-electron chi connectivity index (χ4n) is 1.82. The van der Waals surface area contributed by atoms with E-state index in [1.54, 1.807) is 0 Å². The molecule has 0 aromatic heterocycles. The van der Waals surface area contributed by atoms with Crippen molar-refractivity contribution in [2.45, 2.75) is 52.6 Å². The summed E-state index contributed by atoms with van der Waals surface area (Å²) in [5.41, 5.74) is -0.158. The second-order valence-electron chi connectivity index (χ2n) is 5.74. The van der Waals surface area contributed by atoms with Crippen LogP contribution in [0.5, 0.6) is 0 Å². The zero-order chi connectivity index (χ0) is 12.5. The van der Waals surface area contributed by atoms with Gasteiger partial charge in [-0.3, -0.25) is 9.59 Å². The quantitative estimate of drug-likeness (QED) is 0.768. The van der Waals surface area contributed by atoms with Crippen molar-refractivity contribution in [2.24, 2.45) is 5.92 Å². The summed E-state index contributed by atoms with van der Waals surface area (Å²) in [6.45, 7) is 10.4. The first-order chi connectivity index (χ1) is 7.21. The summed E-state index contributed by atoms with van der Waals surface area (Å²) < 4.78 is 0. The van der Waals surface area contributed by atoms with Gasteiger partial charge in [-0.2, -0.15) is 0 Å². The van der Waals surface area contributed by atoms with E-state index in [4.69, 9.17) is 0 Å². The Morgan fingerprint density at radius 3 is 2.38 bits per heavy atom. The van der Waals surface area contributed by atoms with Crippen LogP contribution in [0.2, 0.25) is 0 Å². The highest BCUT2D eigenvalue weighted by molar-refractivity contribution is 5.83. The van der Waals surface area contributed by atoms with Gasteiger partial charge in [0.1, 0.15) is 0 Å². The monoisotopic (exact) mass is 226 g/mol. The van der Waals surface area contributed by atoms with Crippen molar-refractivity contribution in [2.75, 3.05) is 6.54 Å². The van der Waals surface area contributed by atoms with Gasteiger partial charge in [-0.15, -0.1) is 0 Å². The minimum atomic E-state index is -0.158. The first-order valence-electron chi connectivity index (χ1n) is 5.82. The third kappa shape index (κ3) is 2.97. The molecule has 1 unspecified atom stereocenters. The molecule has 1 aliphatic rings.